The quantitative estimate of drug-likeness (QED) is 0.731. The second-order valence-corrected chi connectivity index (χ2v) is 4.04. The molecular weight excluding hydrogens is 234 g/mol. The van der Waals surface area contributed by atoms with Crippen molar-refractivity contribution in [3.05, 3.63) is 66.0 Å². The van der Waals surface area contributed by atoms with Crippen molar-refractivity contribution in [1.82, 2.24) is 9.97 Å². The maximum Gasteiger partial charge on any atom is 0.329 e. The van der Waals surface area contributed by atoms with E-state index < -0.39 is 5.92 Å². The SMILES string of the molecule is FC(F)(c1ccccc1)c1nc2ccccc2[nH]1. The summed E-state index contributed by atoms with van der Waals surface area (Å²) in [4.78, 5) is 6.63. The molecule has 0 aliphatic carbocycles. The average Bonchev–Trinajstić information content (AvgIpc) is 2.84. The molecular formula is C14H10F2N2. The maximum absolute atomic E-state index is 14.2. The molecule has 90 valence electrons. The second kappa shape index (κ2) is 3.91. The van der Waals surface area contributed by atoms with Crippen LogP contribution < -0.4 is 0 Å². The molecule has 2 nitrogen and oxygen atoms in total. The Balaban J connectivity index is 2.13. The van der Waals surface area contributed by atoms with Crippen LogP contribution in [0.4, 0.5) is 8.78 Å². The highest BCUT2D eigenvalue weighted by Gasteiger charge is 2.37. The van der Waals surface area contributed by atoms with E-state index >= 15 is 0 Å². The number of fused-ring (bicyclic) bond motifs is 1. The molecule has 0 unspecified atom stereocenters. The lowest BCUT2D eigenvalue weighted by atomic mass is 10.1. The Kier molecular flexibility index (Phi) is 2.37. The van der Waals surface area contributed by atoms with Crippen LogP contribution in [0, 0.1) is 0 Å². The molecule has 0 fully saturated rings. The van der Waals surface area contributed by atoms with Gasteiger partial charge in [0.25, 0.3) is 0 Å². The molecule has 18 heavy (non-hydrogen) atoms. The minimum absolute atomic E-state index is 0.0657. The molecule has 0 radical (unpaired) electrons. The highest BCUT2D eigenvalue weighted by molar-refractivity contribution is 5.75. The number of hydrogen-bond acceptors (Lipinski definition) is 1. The van der Waals surface area contributed by atoms with Gasteiger partial charge in [-0.05, 0) is 12.1 Å². The number of nitrogens with one attached hydrogen (secondary N) is 1. The van der Waals surface area contributed by atoms with E-state index in [0.717, 1.165) is 0 Å². The van der Waals surface area contributed by atoms with Crippen molar-refractivity contribution >= 4 is 11.0 Å². The highest BCUT2D eigenvalue weighted by Crippen LogP contribution is 2.34. The molecule has 0 aliphatic rings. The van der Waals surface area contributed by atoms with Gasteiger partial charge in [-0.25, -0.2) is 4.98 Å². The zero-order valence-corrected chi connectivity index (χ0v) is 9.40. The molecule has 0 aliphatic heterocycles. The van der Waals surface area contributed by atoms with E-state index in [4.69, 9.17) is 0 Å². The summed E-state index contributed by atoms with van der Waals surface area (Å²) in [5, 5.41) is 0. The predicted molar refractivity (Wildman–Crippen MR) is 65.5 cm³/mol. The summed E-state index contributed by atoms with van der Waals surface area (Å²) in [7, 11) is 0. The number of imidazole rings is 1. The van der Waals surface area contributed by atoms with Crippen molar-refractivity contribution in [2.24, 2.45) is 0 Å². The molecule has 1 N–H and O–H groups in total. The number of para-hydroxylation sites is 2. The van der Waals surface area contributed by atoms with Crippen LogP contribution in [-0.2, 0) is 5.92 Å². The first-order valence-corrected chi connectivity index (χ1v) is 5.56. The number of hydrogen-bond donors (Lipinski definition) is 1. The first-order valence-electron chi connectivity index (χ1n) is 5.56. The van der Waals surface area contributed by atoms with Crippen LogP contribution in [0.25, 0.3) is 11.0 Å². The van der Waals surface area contributed by atoms with E-state index in [-0.39, 0.29) is 11.4 Å². The van der Waals surface area contributed by atoms with Gasteiger partial charge in [-0.2, -0.15) is 8.78 Å². The Morgan fingerprint density at radius 2 is 1.56 bits per heavy atom. The van der Waals surface area contributed by atoms with Crippen LogP contribution in [0.15, 0.2) is 54.6 Å². The van der Waals surface area contributed by atoms with E-state index in [9.17, 15) is 8.78 Å². The number of aromatic amines is 1. The van der Waals surface area contributed by atoms with Gasteiger partial charge in [0.15, 0.2) is 5.82 Å². The second-order valence-electron chi connectivity index (χ2n) is 4.04. The van der Waals surface area contributed by atoms with Gasteiger partial charge < -0.3 is 4.98 Å². The summed E-state index contributed by atoms with van der Waals surface area (Å²) in [6, 6.07) is 14.7. The van der Waals surface area contributed by atoms with Crippen LogP contribution in [0.2, 0.25) is 0 Å². The van der Waals surface area contributed by atoms with Crippen molar-refractivity contribution in [1.29, 1.82) is 0 Å². The van der Waals surface area contributed by atoms with E-state index in [0.29, 0.717) is 11.0 Å². The molecule has 0 atom stereocenters. The fraction of sp³-hybridized carbons (Fsp3) is 0.0714. The Bertz CT molecular complexity index is 641. The molecule has 0 amide bonds. The van der Waals surface area contributed by atoms with Gasteiger partial charge in [-0.3, -0.25) is 0 Å². The summed E-state index contributed by atoms with van der Waals surface area (Å²) < 4.78 is 28.5. The molecule has 0 bridgehead atoms. The number of benzene rings is 2. The summed E-state index contributed by atoms with van der Waals surface area (Å²) >= 11 is 0. The molecule has 3 aromatic rings. The molecule has 0 saturated carbocycles. The topological polar surface area (TPSA) is 28.7 Å². The third-order valence-corrected chi connectivity index (χ3v) is 2.82. The fourth-order valence-electron chi connectivity index (χ4n) is 1.89. The van der Waals surface area contributed by atoms with Crippen molar-refractivity contribution in [3.8, 4) is 0 Å². The number of rotatable bonds is 2. The van der Waals surface area contributed by atoms with Gasteiger partial charge in [0.1, 0.15) is 0 Å². The van der Waals surface area contributed by atoms with E-state index in [1.54, 1.807) is 42.5 Å². The van der Waals surface area contributed by atoms with E-state index in [2.05, 4.69) is 9.97 Å². The maximum atomic E-state index is 14.2. The number of H-pyrrole nitrogens is 1. The van der Waals surface area contributed by atoms with Gasteiger partial charge in [-0.1, -0.05) is 42.5 Å². The summed E-state index contributed by atoms with van der Waals surface area (Å²) in [5.41, 5.74) is 1.09. The fourth-order valence-corrected chi connectivity index (χ4v) is 1.89. The van der Waals surface area contributed by atoms with Crippen molar-refractivity contribution in [3.63, 3.8) is 0 Å². The normalized spacial score (nSPS) is 11.9. The van der Waals surface area contributed by atoms with Crippen LogP contribution in [0.5, 0.6) is 0 Å². The van der Waals surface area contributed by atoms with Crippen LogP contribution >= 0.6 is 0 Å². The van der Waals surface area contributed by atoms with Crippen molar-refractivity contribution in [2.45, 2.75) is 5.92 Å². The third kappa shape index (κ3) is 1.66. The molecule has 3 rings (SSSR count). The predicted octanol–water partition coefficient (Wildman–Crippen LogP) is 3.70. The highest BCUT2D eigenvalue weighted by atomic mass is 19.3. The lowest BCUT2D eigenvalue weighted by Gasteiger charge is -2.13. The molecule has 1 heterocycles. The van der Waals surface area contributed by atoms with Gasteiger partial charge in [-0.15, -0.1) is 0 Å². The first kappa shape index (κ1) is 10.9. The largest absolute Gasteiger partial charge is 0.337 e. The zero-order chi connectivity index (χ0) is 12.6. The molecule has 0 spiro atoms. The van der Waals surface area contributed by atoms with Crippen molar-refractivity contribution < 1.29 is 8.78 Å². The standard InChI is InChI=1S/C14H10F2N2/c15-14(16,10-6-2-1-3-7-10)13-17-11-8-4-5-9-12(11)18-13/h1-9H,(H,17,18). The van der Waals surface area contributed by atoms with Crippen LogP contribution in [-0.4, -0.2) is 9.97 Å². The Morgan fingerprint density at radius 1 is 0.889 bits per heavy atom. The third-order valence-electron chi connectivity index (χ3n) is 2.82. The number of halogens is 2. The average molecular weight is 244 g/mol. The first-order chi connectivity index (χ1) is 8.68. The minimum atomic E-state index is -3.11. The van der Waals surface area contributed by atoms with Gasteiger partial charge in [0, 0.05) is 5.56 Å². The number of nitrogens with zero attached hydrogens (tertiary/aromatic N) is 1. The Morgan fingerprint density at radius 3 is 2.28 bits per heavy atom. The van der Waals surface area contributed by atoms with E-state index in [1.807, 2.05) is 0 Å². The van der Waals surface area contributed by atoms with Crippen molar-refractivity contribution in [2.75, 3.05) is 0 Å². The zero-order valence-electron chi connectivity index (χ0n) is 9.40. The summed E-state index contributed by atoms with van der Waals surface area (Å²) in [6.45, 7) is 0. The van der Waals surface area contributed by atoms with Gasteiger partial charge in [0.05, 0.1) is 11.0 Å². The van der Waals surface area contributed by atoms with E-state index in [1.165, 1.54) is 12.1 Å². The smallest absolute Gasteiger partial charge is 0.329 e. The number of aromatic nitrogens is 2. The Hall–Kier alpha value is -2.23. The monoisotopic (exact) mass is 244 g/mol. The summed E-state index contributed by atoms with van der Waals surface area (Å²) in [6.07, 6.45) is 0. The summed E-state index contributed by atoms with van der Waals surface area (Å²) in [5.74, 6) is -3.44. The Labute approximate surface area is 102 Å². The van der Waals surface area contributed by atoms with Gasteiger partial charge >= 0.3 is 5.92 Å². The molecule has 2 aromatic carbocycles. The van der Waals surface area contributed by atoms with Crippen LogP contribution in [0.1, 0.15) is 11.4 Å². The lowest BCUT2D eigenvalue weighted by molar-refractivity contribution is 0.0341. The number of alkyl halides is 2. The van der Waals surface area contributed by atoms with Gasteiger partial charge in [0.2, 0.25) is 0 Å². The molecule has 0 saturated heterocycles. The lowest BCUT2D eigenvalue weighted by Crippen LogP contribution is -2.16. The molecule has 4 heteroatoms. The van der Waals surface area contributed by atoms with Crippen LogP contribution in [0.3, 0.4) is 0 Å². The minimum Gasteiger partial charge on any atom is -0.337 e. The molecule has 1 aromatic heterocycles.